The van der Waals surface area contributed by atoms with Crippen LogP contribution in [0.15, 0.2) is 26.8 Å². The Morgan fingerprint density at radius 2 is 1.40 bits per heavy atom. The van der Waals surface area contributed by atoms with Crippen molar-refractivity contribution in [2.45, 2.75) is 21.6 Å². The Labute approximate surface area is 77.3 Å². The molecule has 0 saturated carbocycles. The van der Waals surface area contributed by atoms with Crippen LogP contribution in [-0.4, -0.2) is 0 Å². The van der Waals surface area contributed by atoms with Gasteiger partial charge in [-0.1, -0.05) is 0 Å². The molecule has 0 unspecified atom stereocenters. The molecule has 0 spiro atoms. The minimum atomic E-state index is 0.903. The average molecular weight is 188 g/mol. The van der Waals surface area contributed by atoms with Crippen molar-refractivity contribution >= 4 is 37.9 Å². The third kappa shape index (κ3) is 1.65. The highest BCUT2D eigenvalue weighted by Crippen LogP contribution is 2.24. The smallest absolute Gasteiger partial charge is 0.00913 e. The molecule has 0 saturated heterocycles. The van der Waals surface area contributed by atoms with Gasteiger partial charge in [-0.3, -0.25) is 0 Å². The molecule has 0 amide bonds. The molecule has 0 bridgehead atoms. The van der Waals surface area contributed by atoms with E-state index in [1.165, 1.54) is 0 Å². The van der Waals surface area contributed by atoms with Crippen LogP contribution in [0.2, 0.25) is 0 Å². The van der Waals surface area contributed by atoms with Crippen molar-refractivity contribution in [3.8, 4) is 0 Å². The maximum absolute atomic E-state index is 4.24. The highest BCUT2D eigenvalue weighted by molar-refractivity contribution is 7.82. The van der Waals surface area contributed by atoms with Crippen LogP contribution < -0.4 is 0 Å². The van der Waals surface area contributed by atoms with Crippen molar-refractivity contribution in [1.29, 1.82) is 0 Å². The van der Waals surface area contributed by atoms with Gasteiger partial charge >= 0.3 is 0 Å². The molecule has 0 aliphatic carbocycles. The van der Waals surface area contributed by atoms with Crippen LogP contribution in [-0.2, 0) is 0 Å². The molecule has 0 aromatic heterocycles. The van der Waals surface area contributed by atoms with Crippen molar-refractivity contribution in [3.63, 3.8) is 0 Å². The molecule has 0 fully saturated rings. The summed E-state index contributed by atoms with van der Waals surface area (Å²) in [6, 6.07) is 3.81. The van der Waals surface area contributed by atoms with Gasteiger partial charge in [-0.05, 0) is 24.6 Å². The largest absolute Gasteiger partial charge is 0.143 e. The Morgan fingerprint density at radius 3 is 1.80 bits per heavy atom. The number of benzene rings is 1. The lowest BCUT2D eigenvalue weighted by atomic mass is 10.2. The Hall–Kier alpha value is 0.270. The molecule has 1 aromatic carbocycles. The van der Waals surface area contributed by atoms with E-state index >= 15 is 0 Å². The van der Waals surface area contributed by atoms with E-state index in [1.807, 2.05) is 19.1 Å². The third-order valence-corrected chi connectivity index (χ3v) is 2.52. The summed E-state index contributed by atoms with van der Waals surface area (Å²) in [6.07, 6.45) is 0. The number of hydrogen-bond donors (Lipinski definition) is 3. The Balaban J connectivity index is 3.31. The molecule has 0 radical (unpaired) electrons. The van der Waals surface area contributed by atoms with Gasteiger partial charge in [0, 0.05) is 14.7 Å². The van der Waals surface area contributed by atoms with Gasteiger partial charge in [0.15, 0.2) is 0 Å². The van der Waals surface area contributed by atoms with E-state index in [9.17, 15) is 0 Å². The lowest BCUT2D eigenvalue weighted by Crippen LogP contribution is -1.79. The normalized spacial score (nSPS) is 10.0. The van der Waals surface area contributed by atoms with Crippen LogP contribution in [0, 0.1) is 6.92 Å². The summed E-state index contributed by atoms with van der Waals surface area (Å²) in [4.78, 5) is 2.79. The molecule has 0 heterocycles. The van der Waals surface area contributed by atoms with Crippen molar-refractivity contribution in [2.75, 3.05) is 0 Å². The highest BCUT2D eigenvalue weighted by atomic mass is 32.1. The standard InChI is InChI=1S/C7H8S3/c1-4-6(9)2-5(8)3-7(4)10/h2-3,8-10H,1H3. The van der Waals surface area contributed by atoms with Crippen molar-refractivity contribution in [1.82, 2.24) is 0 Å². The Kier molecular flexibility index (Phi) is 2.61. The van der Waals surface area contributed by atoms with E-state index in [0.29, 0.717) is 0 Å². The first-order valence-corrected chi connectivity index (χ1v) is 4.17. The fourth-order valence-electron chi connectivity index (χ4n) is 0.670. The second kappa shape index (κ2) is 3.11. The minimum absolute atomic E-state index is 0.903. The van der Waals surface area contributed by atoms with E-state index in [2.05, 4.69) is 37.9 Å². The van der Waals surface area contributed by atoms with Crippen molar-refractivity contribution in [3.05, 3.63) is 17.7 Å². The zero-order chi connectivity index (χ0) is 7.72. The minimum Gasteiger partial charge on any atom is -0.143 e. The SMILES string of the molecule is Cc1c(S)cc(S)cc1S. The van der Waals surface area contributed by atoms with Gasteiger partial charge in [0.2, 0.25) is 0 Å². The molecule has 0 N–H and O–H groups in total. The molecular formula is C7H8S3. The predicted molar refractivity (Wildman–Crippen MR) is 52.9 cm³/mol. The monoisotopic (exact) mass is 188 g/mol. The second-order valence-electron chi connectivity index (χ2n) is 2.11. The molecule has 0 aliphatic rings. The summed E-state index contributed by atoms with van der Waals surface area (Å²) in [5.41, 5.74) is 1.10. The Bertz CT molecular complexity index is 232. The topological polar surface area (TPSA) is 0 Å². The third-order valence-electron chi connectivity index (χ3n) is 1.34. The summed E-state index contributed by atoms with van der Waals surface area (Å²) in [6.45, 7) is 1.98. The summed E-state index contributed by atoms with van der Waals surface area (Å²) in [5.74, 6) is 0. The molecule has 10 heavy (non-hydrogen) atoms. The molecule has 0 nitrogen and oxygen atoms in total. The number of rotatable bonds is 0. The fraction of sp³-hybridized carbons (Fsp3) is 0.143. The van der Waals surface area contributed by atoms with Crippen molar-refractivity contribution in [2.24, 2.45) is 0 Å². The van der Waals surface area contributed by atoms with Crippen LogP contribution in [0.5, 0.6) is 0 Å². The fourth-order valence-corrected chi connectivity index (χ4v) is 1.74. The van der Waals surface area contributed by atoms with Crippen LogP contribution in [0.4, 0.5) is 0 Å². The molecule has 3 heteroatoms. The molecule has 0 atom stereocenters. The van der Waals surface area contributed by atoms with Crippen LogP contribution >= 0.6 is 37.9 Å². The molecular weight excluding hydrogens is 180 g/mol. The highest BCUT2D eigenvalue weighted by Gasteiger charge is 1.98. The zero-order valence-electron chi connectivity index (χ0n) is 5.50. The molecule has 1 rings (SSSR count). The zero-order valence-corrected chi connectivity index (χ0v) is 8.18. The predicted octanol–water partition coefficient (Wildman–Crippen LogP) is 2.86. The summed E-state index contributed by atoms with van der Waals surface area (Å²) in [5, 5.41) is 0. The second-order valence-corrected chi connectivity index (χ2v) is 3.59. The van der Waals surface area contributed by atoms with Gasteiger partial charge in [-0.2, -0.15) is 0 Å². The van der Waals surface area contributed by atoms with E-state index in [-0.39, 0.29) is 0 Å². The van der Waals surface area contributed by atoms with Gasteiger partial charge in [-0.25, -0.2) is 0 Å². The van der Waals surface area contributed by atoms with Crippen LogP contribution in [0.3, 0.4) is 0 Å². The quantitative estimate of drug-likeness (QED) is 0.512. The lowest BCUT2D eigenvalue weighted by molar-refractivity contribution is 1.15. The summed E-state index contributed by atoms with van der Waals surface area (Å²) >= 11 is 12.7. The maximum Gasteiger partial charge on any atom is 0.00913 e. The maximum atomic E-state index is 4.24. The number of thiol groups is 3. The van der Waals surface area contributed by atoms with Gasteiger partial charge in [0.25, 0.3) is 0 Å². The first kappa shape index (κ1) is 8.37. The van der Waals surface area contributed by atoms with Crippen molar-refractivity contribution < 1.29 is 0 Å². The summed E-state index contributed by atoms with van der Waals surface area (Å²) in [7, 11) is 0. The van der Waals surface area contributed by atoms with Crippen LogP contribution in [0.1, 0.15) is 5.56 Å². The van der Waals surface area contributed by atoms with E-state index in [1.54, 1.807) is 0 Å². The van der Waals surface area contributed by atoms with E-state index in [0.717, 1.165) is 20.2 Å². The number of hydrogen-bond acceptors (Lipinski definition) is 3. The van der Waals surface area contributed by atoms with Gasteiger partial charge in [-0.15, -0.1) is 37.9 Å². The lowest BCUT2D eigenvalue weighted by Gasteiger charge is -2.02. The van der Waals surface area contributed by atoms with Gasteiger partial charge in [0.05, 0.1) is 0 Å². The molecule has 0 aliphatic heterocycles. The first-order valence-electron chi connectivity index (χ1n) is 2.83. The first-order chi connectivity index (χ1) is 4.61. The molecule has 1 aromatic rings. The van der Waals surface area contributed by atoms with Crippen LogP contribution in [0.25, 0.3) is 0 Å². The van der Waals surface area contributed by atoms with Gasteiger partial charge < -0.3 is 0 Å². The average Bonchev–Trinajstić information content (AvgIpc) is 1.82. The van der Waals surface area contributed by atoms with E-state index in [4.69, 9.17) is 0 Å². The van der Waals surface area contributed by atoms with E-state index < -0.39 is 0 Å². The Morgan fingerprint density at radius 1 is 1.00 bits per heavy atom. The summed E-state index contributed by atoms with van der Waals surface area (Å²) < 4.78 is 0. The van der Waals surface area contributed by atoms with Gasteiger partial charge in [0.1, 0.15) is 0 Å². The molecule has 54 valence electrons.